The van der Waals surface area contributed by atoms with Crippen molar-refractivity contribution in [2.75, 3.05) is 46.6 Å². The number of aromatic nitrogens is 4. The highest BCUT2D eigenvalue weighted by molar-refractivity contribution is 5.76. The summed E-state index contributed by atoms with van der Waals surface area (Å²) < 4.78 is 18.3. The largest absolute Gasteiger partial charge is 0.486 e. The molecule has 0 bridgehead atoms. The van der Waals surface area contributed by atoms with Gasteiger partial charge in [-0.15, -0.1) is 5.10 Å². The SMILES string of the molecule is CC(c1ccc2c(c1)OCCO2)N(C)C(=O)CCn1nnnc1CN1CCOCC1. The standard InChI is InChI=1S/C20H28N6O4/c1-15(16-3-4-17-18(13-16)30-12-11-29-17)24(2)20(27)5-6-26-19(21-22-23-26)14-25-7-9-28-10-8-25/h3-4,13,15H,5-12,14H2,1-2H3. The monoisotopic (exact) mass is 416 g/mol. The van der Waals surface area contributed by atoms with Gasteiger partial charge in [-0.1, -0.05) is 6.07 Å². The van der Waals surface area contributed by atoms with E-state index in [-0.39, 0.29) is 11.9 Å². The second kappa shape index (κ2) is 9.40. The van der Waals surface area contributed by atoms with E-state index < -0.39 is 0 Å². The van der Waals surface area contributed by atoms with Gasteiger partial charge in [-0.3, -0.25) is 9.69 Å². The zero-order valence-electron chi connectivity index (χ0n) is 17.5. The molecule has 2 aliphatic rings. The van der Waals surface area contributed by atoms with Crippen LogP contribution >= 0.6 is 0 Å². The van der Waals surface area contributed by atoms with E-state index in [9.17, 15) is 4.79 Å². The maximum atomic E-state index is 12.8. The van der Waals surface area contributed by atoms with Gasteiger partial charge in [0.15, 0.2) is 17.3 Å². The second-order valence-electron chi connectivity index (χ2n) is 7.54. The van der Waals surface area contributed by atoms with Crippen molar-refractivity contribution in [2.45, 2.75) is 32.5 Å². The van der Waals surface area contributed by atoms with E-state index in [1.807, 2.05) is 32.2 Å². The Hall–Kier alpha value is -2.72. The molecule has 10 heteroatoms. The van der Waals surface area contributed by atoms with Crippen molar-refractivity contribution in [3.8, 4) is 11.5 Å². The van der Waals surface area contributed by atoms with Gasteiger partial charge in [-0.25, -0.2) is 4.68 Å². The van der Waals surface area contributed by atoms with Gasteiger partial charge in [-0.2, -0.15) is 0 Å². The van der Waals surface area contributed by atoms with Crippen LogP contribution in [0.15, 0.2) is 18.2 Å². The minimum Gasteiger partial charge on any atom is -0.486 e. The van der Waals surface area contributed by atoms with Gasteiger partial charge in [0, 0.05) is 26.6 Å². The van der Waals surface area contributed by atoms with Crippen molar-refractivity contribution in [1.29, 1.82) is 0 Å². The van der Waals surface area contributed by atoms with E-state index in [0.717, 1.165) is 49.2 Å². The molecule has 0 radical (unpaired) electrons. The highest BCUT2D eigenvalue weighted by Crippen LogP contribution is 2.33. The predicted octanol–water partition coefficient (Wildman–Crippen LogP) is 0.886. The van der Waals surface area contributed by atoms with Gasteiger partial charge in [0.2, 0.25) is 5.91 Å². The fourth-order valence-electron chi connectivity index (χ4n) is 3.61. The van der Waals surface area contributed by atoms with Crippen molar-refractivity contribution in [1.82, 2.24) is 30.0 Å². The Bertz CT molecular complexity index is 867. The molecule has 1 fully saturated rings. The number of fused-ring (bicyclic) bond motifs is 1. The summed E-state index contributed by atoms with van der Waals surface area (Å²) in [6.45, 7) is 7.39. The Morgan fingerprint density at radius 2 is 1.93 bits per heavy atom. The molecule has 0 saturated carbocycles. The van der Waals surface area contributed by atoms with E-state index in [2.05, 4.69) is 20.4 Å². The van der Waals surface area contributed by atoms with Crippen LogP contribution in [0, 0.1) is 0 Å². The number of carbonyl (C=O) groups excluding carboxylic acids is 1. The number of tetrazole rings is 1. The van der Waals surface area contributed by atoms with Crippen LogP contribution in [0.2, 0.25) is 0 Å². The number of morpholine rings is 1. The molecule has 3 heterocycles. The van der Waals surface area contributed by atoms with E-state index in [0.29, 0.717) is 32.7 Å². The summed E-state index contributed by atoms with van der Waals surface area (Å²) in [6.07, 6.45) is 0.326. The number of nitrogens with zero attached hydrogens (tertiary/aromatic N) is 6. The Morgan fingerprint density at radius 1 is 1.17 bits per heavy atom. The zero-order valence-corrected chi connectivity index (χ0v) is 17.5. The number of rotatable bonds is 7. The molecule has 1 unspecified atom stereocenters. The van der Waals surface area contributed by atoms with Crippen LogP contribution in [-0.2, 0) is 22.6 Å². The fraction of sp³-hybridized carbons (Fsp3) is 0.600. The molecule has 1 atom stereocenters. The first kappa shape index (κ1) is 20.5. The molecule has 2 aliphatic heterocycles. The van der Waals surface area contributed by atoms with Gasteiger partial charge in [-0.05, 0) is 35.0 Å². The van der Waals surface area contributed by atoms with Crippen LogP contribution in [0.5, 0.6) is 11.5 Å². The molecular formula is C20H28N6O4. The molecule has 1 saturated heterocycles. The van der Waals surface area contributed by atoms with Crippen molar-refractivity contribution >= 4 is 5.91 Å². The molecule has 2 aromatic rings. The smallest absolute Gasteiger partial charge is 0.224 e. The van der Waals surface area contributed by atoms with Crippen molar-refractivity contribution in [3.63, 3.8) is 0 Å². The van der Waals surface area contributed by atoms with E-state index in [1.54, 1.807) is 9.58 Å². The second-order valence-corrected chi connectivity index (χ2v) is 7.54. The lowest BCUT2D eigenvalue weighted by Crippen LogP contribution is -2.36. The Kier molecular flexibility index (Phi) is 6.44. The van der Waals surface area contributed by atoms with Crippen molar-refractivity contribution < 1.29 is 19.0 Å². The summed E-state index contributed by atoms with van der Waals surface area (Å²) in [5.74, 6) is 2.28. The number of hydrogen-bond acceptors (Lipinski definition) is 8. The maximum absolute atomic E-state index is 12.8. The van der Waals surface area contributed by atoms with E-state index in [1.165, 1.54) is 0 Å². The zero-order chi connectivity index (χ0) is 20.9. The third-order valence-corrected chi connectivity index (χ3v) is 5.64. The van der Waals surface area contributed by atoms with Crippen LogP contribution in [-0.4, -0.2) is 82.5 Å². The summed E-state index contributed by atoms with van der Waals surface area (Å²) in [5, 5.41) is 12.0. The summed E-state index contributed by atoms with van der Waals surface area (Å²) in [7, 11) is 1.82. The third-order valence-electron chi connectivity index (χ3n) is 5.64. The minimum atomic E-state index is -0.0879. The Morgan fingerprint density at radius 3 is 2.73 bits per heavy atom. The first-order valence-corrected chi connectivity index (χ1v) is 10.3. The maximum Gasteiger partial charge on any atom is 0.224 e. The third kappa shape index (κ3) is 4.71. The highest BCUT2D eigenvalue weighted by atomic mass is 16.6. The molecule has 162 valence electrons. The number of ether oxygens (including phenoxy) is 3. The summed E-state index contributed by atoms with van der Waals surface area (Å²) in [6, 6.07) is 5.74. The minimum absolute atomic E-state index is 0.0326. The summed E-state index contributed by atoms with van der Waals surface area (Å²) in [4.78, 5) is 16.8. The quantitative estimate of drug-likeness (QED) is 0.657. The molecule has 1 aromatic heterocycles. The summed E-state index contributed by atoms with van der Waals surface area (Å²) in [5.41, 5.74) is 1.01. The first-order chi connectivity index (χ1) is 14.6. The van der Waals surface area contributed by atoms with Crippen molar-refractivity contribution in [3.05, 3.63) is 29.6 Å². The molecule has 10 nitrogen and oxygen atoms in total. The molecule has 4 rings (SSSR count). The van der Waals surface area contributed by atoms with E-state index >= 15 is 0 Å². The molecular weight excluding hydrogens is 388 g/mol. The Balaban J connectivity index is 1.33. The van der Waals surface area contributed by atoms with Crippen LogP contribution in [0.4, 0.5) is 0 Å². The molecule has 0 N–H and O–H groups in total. The molecule has 1 aromatic carbocycles. The average Bonchev–Trinajstić information content (AvgIpc) is 3.23. The summed E-state index contributed by atoms with van der Waals surface area (Å²) >= 11 is 0. The molecule has 0 aliphatic carbocycles. The normalized spacial score (nSPS) is 17.5. The van der Waals surface area contributed by atoms with Gasteiger partial charge < -0.3 is 19.1 Å². The van der Waals surface area contributed by atoms with Gasteiger partial charge in [0.1, 0.15) is 13.2 Å². The van der Waals surface area contributed by atoms with Gasteiger partial charge in [0.25, 0.3) is 0 Å². The first-order valence-electron chi connectivity index (χ1n) is 10.3. The van der Waals surface area contributed by atoms with Crippen LogP contribution < -0.4 is 9.47 Å². The molecule has 30 heavy (non-hydrogen) atoms. The molecule has 1 amide bonds. The lowest BCUT2D eigenvalue weighted by molar-refractivity contribution is -0.132. The van der Waals surface area contributed by atoms with Crippen LogP contribution in [0.25, 0.3) is 0 Å². The number of aryl methyl sites for hydroxylation is 1. The van der Waals surface area contributed by atoms with Crippen LogP contribution in [0.3, 0.4) is 0 Å². The van der Waals surface area contributed by atoms with Gasteiger partial charge in [0.05, 0.1) is 32.3 Å². The number of hydrogen-bond donors (Lipinski definition) is 0. The topological polar surface area (TPSA) is 94.8 Å². The Labute approximate surface area is 175 Å². The lowest BCUT2D eigenvalue weighted by atomic mass is 10.1. The van der Waals surface area contributed by atoms with Crippen molar-refractivity contribution in [2.24, 2.45) is 0 Å². The van der Waals surface area contributed by atoms with E-state index in [4.69, 9.17) is 14.2 Å². The number of amides is 1. The average molecular weight is 416 g/mol. The van der Waals surface area contributed by atoms with Crippen LogP contribution in [0.1, 0.15) is 30.8 Å². The fourth-order valence-corrected chi connectivity index (χ4v) is 3.61. The lowest BCUT2D eigenvalue weighted by Gasteiger charge is -2.27. The number of carbonyl (C=O) groups is 1. The molecule has 0 spiro atoms. The van der Waals surface area contributed by atoms with Gasteiger partial charge >= 0.3 is 0 Å². The highest BCUT2D eigenvalue weighted by Gasteiger charge is 2.21. The predicted molar refractivity (Wildman–Crippen MR) is 107 cm³/mol. The number of benzene rings is 1.